The summed E-state index contributed by atoms with van der Waals surface area (Å²) in [5.41, 5.74) is 0.938. The third-order valence-electron chi connectivity index (χ3n) is 5.69. The first-order valence-corrected chi connectivity index (χ1v) is 11.6. The first-order chi connectivity index (χ1) is 14.2. The number of benzene rings is 1. The molecule has 1 saturated carbocycles. The van der Waals surface area contributed by atoms with Gasteiger partial charge in [-0.2, -0.15) is 0 Å². The maximum Gasteiger partial charge on any atom is 0.233 e. The number of fused-ring (bicyclic) bond motifs is 1. The van der Waals surface area contributed by atoms with Crippen LogP contribution in [0.5, 0.6) is 0 Å². The van der Waals surface area contributed by atoms with Gasteiger partial charge in [0.1, 0.15) is 10.9 Å². The van der Waals surface area contributed by atoms with E-state index in [-0.39, 0.29) is 11.2 Å². The number of hydrogen-bond acceptors (Lipinski definition) is 6. The van der Waals surface area contributed by atoms with Gasteiger partial charge in [-0.15, -0.1) is 0 Å². The molecule has 1 aromatic heterocycles. The molecule has 4 rings (SSSR count). The number of para-hydroxylation sites is 1. The smallest absolute Gasteiger partial charge is 0.233 e. The van der Waals surface area contributed by atoms with E-state index in [1.165, 1.54) is 31.0 Å². The molecule has 7 heteroatoms. The average Bonchev–Trinajstić information content (AvgIpc) is 2.75. The Morgan fingerprint density at radius 2 is 1.97 bits per heavy atom. The predicted molar refractivity (Wildman–Crippen MR) is 116 cm³/mol. The molecule has 2 aliphatic rings. The van der Waals surface area contributed by atoms with Crippen LogP contribution in [0.25, 0.3) is 10.9 Å². The van der Waals surface area contributed by atoms with E-state index in [1.54, 1.807) is 0 Å². The van der Waals surface area contributed by atoms with Crippen LogP contribution >= 0.6 is 11.8 Å². The molecule has 0 spiro atoms. The molecule has 2 heterocycles. The molecule has 1 aromatic carbocycles. The molecule has 1 aliphatic carbocycles. The highest BCUT2D eigenvalue weighted by Gasteiger charge is 2.22. The monoisotopic (exact) mass is 414 g/mol. The summed E-state index contributed by atoms with van der Waals surface area (Å²) in [4.78, 5) is 24.7. The Bertz CT molecular complexity index is 835. The summed E-state index contributed by atoms with van der Waals surface area (Å²) in [6.45, 7) is 6.00. The van der Waals surface area contributed by atoms with Gasteiger partial charge in [0.15, 0.2) is 0 Å². The van der Waals surface area contributed by atoms with Crippen LogP contribution in [-0.2, 0) is 16.1 Å². The number of hydrogen-bond donors (Lipinski definition) is 1. The molecule has 1 aliphatic heterocycles. The lowest BCUT2D eigenvalue weighted by atomic mass is 9.95. The molecule has 6 nitrogen and oxygen atoms in total. The lowest BCUT2D eigenvalue weighted by molar-refractivity contribution is -0.121. The number of aromatic nitrogens is 2. The van der Waals surface area contributed by atoms with E-state index in [0.717, 1.165) is 60.9 Å². The Balaban J connectivity index is 1.49. The lowest BCUT2D eigenvalue weighted by Gasteiger charge is -2.26. The van der Waals surface area contributed by atoms with E-state index in [4.69, 9.17) is 14.7 Å². The summed E-state index contributed by atoms with van der Waals surface area (Å²) in [7, 11) is 0. The van der Waals surface area contributed by atoms with Crippen molar-refractivity contribution in [2.45, 2.75) is 61.9 Å². The molecule has 29 heavy (non-hydrogen) atoms. The van der Waals surface area contributed by atoms with Crippen molar-refractivity contribution in [3.63, 3.8) is 0 Å². The Labute approximate surface area is 176 Å². The van der Waals surface area contributed by atoms with Crippen LogP contribution < -0.4 is 5.32 Å². The van der Waals surface area contributed by atoms with Crippen molar-refractivity contribution < 1.29 is 9.53 Å². The SMILES string of the molecule is C[C@@H](Sc1nc(CN2CCOCC2)nc2ccccc12)C(=O)NC1CCCCC1. The van der Waals surface area contributed by atoms with Crippen LogP contribution in [-0.4, -0.2) is 58.4 Å². The second-order valence-electron chi connectivity index (χ2n) is 7.95. The fraction of sp³-hybridized carbons (Fsp3) is 0.591. The summed E-state index contributed by atoms with van der Waals surface area (Å²) < 4.78 is 5.44. The minimum absolute atomic E-state index is 0.110. The van der Waals surface area contributed by atoms with Gasteiger partial charge in [-0.3, -0.25) is 9.69 Å². The van der Waals surface area contributed by atoms with Gasteiger partial charge in [-0.05, 0) is 25.8 Å². The summed E-state index contributed by atoms with van der Waals surface area (Å²) in [6.07, 6.45) is 5.92. The van der Waals surface area contributed by atoms with Gasteiger partial charge in [0.25, 0.3) is 0 Å². The van der Waals surface area contributed by atoms with Crippen LogP contribution in [0.15, 0.2) is 29.3 Å². The number of thioether (sulfide) groups is 1. The molecule has 2 aromatic rings. The molecule has 0 bridgehead atoms. The van der Waals surface area contributed by atoms with Gasteiger partial charge in [-0.25, -0.2) is 9.97 Å². The predicted octanol–water partition coefficient (Wildman–Crippen LogP) is 3.39. The summed E-state index contributed by atoms with van der Waals surface area (Å²) in [5, 5.41) is 4.96. The molecule has 1 amide bonds. The second kappa shape index (κ2) is 9.87. The highest BCUT2D eigenvalue weighted by atomic mass is 32.2. The number of ether oxygens (including phenoxy) is 1. The standard InChI is InChI=1S/C22H30N4O2S/c1-16(21(27)23-17-7-3-2-4-8-17)29-22-18-9-5-6-10-19(18)24-20(25-22)15-26-11-13-28-14-12-26/h5-6,9-10,16-17H,2-4,7-8,11-15H2,1H3,(H,23,27)/t16-/m1/s1. The molecular weight excluding hydrogens is 384 g/mol. The first kappa shape index (κ1) is 20.6. The molecule has 156 valence electrons. The van der Waals surface area contributed by atoms with Crippen LogP contribution in [0.2, 0.25) is 0 Å². The third-order valence-corrected chi connectivity index (χ3v) is 6.79. The molecular formula is C22H30N4O2S. The van der Waals surface area contributed by atoms with E-state index >= 15 is 0 Å². The molecule has 0 radical (unpaired) electrons. The number of rotatable bonds is 6. The maximum absolute atomic E-state index is 12.8. The number of carbonyl (C=O) groups excluding carboxylic acids is 1. The van der Waals surface area contributed by atoms with Crippen molar-refractivity contribution in [1.82, 2.24) is 20.2 Å². The van der Waals surface area contributed by atoms with Crippen LogP contribution in [0.1, 0.15) is 44.9 Å². The van der Waals surface area contributed by atoms with E-state index in [2.05, 4.69) is 10.2 Å². The van der Waals surface area contributed by atoms with Gasteiger partial charge < -0.3 is 10.1 Å². The fourth-order valence-corrected chi connectivity index (χ4v) is 4.97. The molecule has 0 unspecified atom stereocenters. The topological polar surface area (TPSA) is 67.3 Å². The highest BCUT2D eigenvalue weighted by molar-refractivity contribution is 8.00. The number of morpholine rings is 1. The van der Waals surface area contributed by atoms with E-state index in [1.807, 2.05) is 31.2 Å². The van der Waals surface area contributed by atoms with E-state index < -0.39 is 0 Å². The minimum atomic E-state index is -0.188. The van der Waals surface area contributed by atoms with Crippen LogP contribution in [0.3, 0.4) is 0 Å². The van der Waals surface area contributed by atoms with Crippen molar-refractivity contribution in [3.05, 3.63) is 30.1 Å². The zero-order valence-corrected chi connectivity index (χ0v) is 17.9. The Hall–Kier alpha value is -1.70. The number of nitrogens with zero attached hydrogens (tertiary/aromatic N) is 3. The van der Waals surface area contributed by atoms with E-state index in [9.17, 15) is 4.79 Å². The molecule has 1 N–H and O–H groups in total. The van der Waals surface area contributed by atoms with Gasteiger partial charge in [-0.1, -0.05) is 49.2 Å². The van der Waals surface area contributed by atoms with Crippen molar-refractivity contribution >= 4 is 28.6 Å². The minimum Gasteiger partial charge on any atom is -0.379 e. The Morgan fingerprint density at radius 3 is 2.76 bits per heavy atom. The fourth-order valence-electron chi connectivity index (χ4n) is 4.00. The summed E-state index contributed by atoms with van der Waals surface area (Å²) in [5.74, 6) is 0.923. The second-order valence-corrected chi connectivity index (χ2v) is 9.28. The van der Waals surface area contributed by atoms with Gasteiger partial charge in [0.2, 0.25) is 5.91 Å². The van der Waals surface area contributed by atoms with Crippen molar-refractivity contribution in [1.29, 1.82) is 0 Å². The number of amides is 1. The van der Waals surface area contributed by atoms with Crippen molar-refractivity contribution in [2.24, 2.45) is 0 Å². The van der Waals surface area contributed by atoms with Crippen LogP contribution in [0.4, 0.5) is 0 Å². The summed E-state index contributed by atoms with van der Waals surface area (Å²) in [6, 6.07) is 8.41. The Kier molecular flexibility index (Phi) is 7.00. The highest BCUT2D eigenvalue weighted by Crippen LogP contribution is 2.29. The van der Waals surface area contributed by atoms with Crippen LogP contribution in [0, 0.1) is 0 Å². The van der Waals surface area contributed by atoms with Gasteiger partial charge in [0, 0.05) is 24.5 Å². The number of nitrogens with one attached hydrogen (secondary N) is 1. The zero-order valence-electron chi connectivity index (χ0n) is 17.1. The summed E-state index contributed by atoms with van der Waals surface area (Å²) >= 11 is 1.54. The quantitative estimate of drug-likeness (QED) is 0.577. The normalized spacial score (nSPS) is 19.9. The Morgan fingerprint density at radius 1 is 1.21 bits per heavy atom. The average molecular weight is 415 g/mol. The maximum atomic E-state index is 12.8. The first-order valence-electron chi connectivity index (χ1n) is 10.7. The van der Waals surface area contributed by atoms with Crippen molar-refractivity contribution in [2.75, 3.05) is 26.3 Å². The molecule has 2 fully saturated rings. The number of carbonyl (C=O) groups is 1. The van der Waals surface area contributed by atoms with Gasteiger partial charge in [0.05, 0.1) is 30.5 Å². The van der Waals surface area contributed by atoms with E-state index in [0.29, 0.717) is 12.6 Å². The largest absolute Gasteiger partial charge is 0.379 e. The molecule has 1 atom stereocenters. The van der Waals surface area contributed by atoms with Gasteiger partial charge >= 0.3 is 0 Å². The molecule has 1 saturated heterocycles. The van der Waals surface area contributed by atoms with Crippen molar-refractivity contribution in [3.8, 4) is 0 Å². The zero-order chi connectivity index (χ0) is 20.1. The lowest BCUT2D eigenvalue weighted by Crippen LogP contribution is -2.40. The third kappa shape index (κ3) is 5.47.